The summed E-state index contributed by atoms with van der Waals surface area (Å²) in [6, 6.07) is 11.0. The van der Waals surface area contributed by atoms with E-state index in [9.17, 15) is 9.18 Å². The van der Waals surface area contributed by atoms with Crippen LogP contribution in [0.1, 0.15) is 12.8 Å². The Morgan fingerprint density at radius 1 is 1.26 bits per heavy atom. The van der Waals surface area contributed by atoms with Gasteiger partial charge in [-0.3, -0.25) is 4.79 Å². The van der Waals surface area contributed by atoms with Crippen LogP contribution >= 0.6 is 22.9 Å². The van der Waals surface area contributed by atoms with Gasteiger partial charge < -0.3 is 20.3 Å². The smallest absolute Gasteiger partial charge is 0.318 e. The van der Waals surface area contributed by atoms with Gasteiger partial charge in [-0.15, -0.1) is 11.3 Å². The molecule has 7 nitrogen and oxygen atoms in total. The van der Waals surface area contributed by atoms with E-state index < -0.39 is 17.6 Å². The van der Waals surface area contributed by atoms with Crippen molar-refractivity contribution >= 4 is 55.7 Å². The van der Waals surface area contributed by atoms with Crippen molar-refractivity contribution in [2.45, 2.75) is 18.9 Å². The van der Waals surface area contributed by atoms with Gasteiger partial charge in [-0.25, -0.2) is 8.78 Å². The van der Waals surface area contributed by atoms with E-state index in [1.165, 1.54) is 17.4 Å². The largest absolute Gasteiger partial charge is 0.462 e. The Morgan fingerprint density at radius 3 is 2.87 bits per heavy atom. The van der Waals surface area contributed by atoms with E-state index in [0.717, 1.165) is 35.0 Å². The van der Waals surface area contributed by atoms with Gasteiger partial charge in [0.05, 0.1) is 9.85 Å². The lowest BCUT2D eigenvalue weighted by Crippen LogP contribution is -2.31. The summed E-state index contributed by atoms with van der Waals surface area (Å²) < 4.78 is 36.0. The fourth-order valence-electron chi connectivity index (χ4n) is 4.59. The quantitative estimate of drug-likeness (QED) is 0.200. The van der Waals surface area contributed by atoms with E-state index in [4.69, 9.17) is 16.3 Å². The second-order valence-corrected chi connectivity index (χ2v) is 10.8. The van der Waals surface area contributed by atoms with Crippen molar-refractivity contribution in [2.24, 2.45) is 0 Å². The summed E-state index contributed by atoms with van der Waals surface area (Å²) >= 11 is 7.63. The van der Waals surface area contributed by atoms with Crippen LogP contribution in [0.25, 0.3) is 32.1 Å². The van der Waals surface area contributed by atoms with Crippen molar-refractivity contribution in [3.63, 3.8) is 0 Å². The first-order valence-corrected chi connectivity index (χ1v) is 13.4. The molecule has 0 aliphatic carbocycles. The molecule has 1 amide bonds. The Morgan fingerprint density at radius 2 is 2.11 bits per heavy atom. The molecule has 4 aromatic rings. The Labute approximate surface area is 227 Å². The molecule has 0 bridgehead atoms. The van der Waals surface area contributed by atoms with Crippen LogP contribution in [-0.4, -0.2) is 60.1 Å². The molecule has 3 heterocycles. The Balaban J connectivity index is 1.50. The molecule has 38 heavy (non-hydrogen) atoms. The third kappa shape index (κ3) is 5.57. The highest BCUT2D eigenvalue weighted by Gasteiger charge is 2.22. The Hall–Kier alpha value is -3.34. The number of likely N-dealkylation sites (tertiary alicyclic amines) is 1. The molecule has 1 aliphatic heterocycles. The topological polar surface area (TPSA) is 79.4 Å². The van der Waals surface area contributed by atoms with E-state index in [0.29, 0.717) is 33.2 Å². The number of benzene rings is 2. The molecule has 0 unspecified atom stereocenters. The zero-order valence-corrected chi connectivity index (χ0v) is 22.3. The number of nitrogens with zero attached hydrogens (tertiary/aromatic N) is 3. The highest BCUT2D eigenvalue weighted by molar-refractivity contribution is 7.23. The van der Waals surface area contributed by atoms with Crippen LogP contribution in [0.5, 0.6) is 6.01 Å². The minimum atomic E-state index is -1.07. The molecule has 11 heteroatoms. The number of thiophene rings is 1. The normalized spacial score (nSPS) is 15.7. The maximum atomic E-state index is 15.5. The first kappa shape index (κ1) is 26.3. The average Bonchev–Trinajstić information content (AvgIpc) is 3.48. The standard InChI is InChI=1S/C27H26ClF2N5O2S/c1-15(29)26(36)32-9-8-31-25-20-12-21(30)19(18-7-3-5-16-11-23(28)38-24(16)18)13-22(20)33-27(34-25)37-14-17-6-4-10-35(17)2/h3,5,7,11-13,17H,1,4,6,8-10,14H2,2H3,(H,32,36)(H,31,33,34)/t17-/m0/s1. The van der Waals surface area contributed by atoms with Gasteiger partial charge in [0.2, 0.25) is 0 Å². The molecule has 1 saturated heterocycles. The SMILES string of the molecule is C=C(F)C(=O)NCCNc1nc(OC[C@@H]2CCCN2C)nc2cc(-c3cccc4cc(Cl)sc34)c(F)cc12. The fraction of sp³-hybridized carbons (Fsp3) is 0.296. The van der Waals surface area contributed by atoms with Crippen LogP contribution in [0.3, 0.4) is 0 Å². The van der Waals surface area contributed by atoms with Crippen LogP contribution in [0.2, 0.25) is 4.34 Å². The fourth-order valence-corrected chi connectivity index (χ4v) is 5.85. The van der Waals surface area contributed by atoms with Gasteiger partial charge in [0.1, 0.15) is 18.2 Å². The minimum Gasteiger partial charge on any atom is -0.462 e. The number of hydrogen-bond acceptors (Lipinski definition) is 7. The number of ether oxygens (including phenoxy) is 1. The molecule has 1 fully saturated rings. The lowest BCUT2D eigenvalue weighted by atomic mass is 10.0. The third-order valence-corrected chi connectivity index (χ3v) is 7.91. The number of hydrogen-bond donors (Lipinski definition) is 2. The molecular formula is C27H26ClF2N5O2S. The number of amides is 1. The zero-order chi connectivity index (χ0) is 26.8. The summed E-state index contributed by atoms with van der Waals surface area (Å²) in [7, 11) is 2.06. The van der Waals surface area contributed by atoms with Crippen LogP contribution in [-0.2, 0) is 4.79 Å². The second-order valence-electron chi connectivity index (χ2n) is 9.15. The molecule has 2 aromatic carbocycles. The second kappa shape index (κ2) is 11.2. The molecular weight excluding hydrogens is 532 g/mol. The van der Waals surface area contributed by atoms with Crippen molar-refractivity contribution in [3.8, 4) is 17.1 Å². The van der Waals surface area contributed by atoms with Gasteiger partial charge in [-0.1, -0.05) is 36.4 Å². The van der Waals surface area contributed by atoms with Gasteiger partial charge in [0, 0.05) is 40.3 Å². The van der Waals surface area contributed by atoms with Gasteiger partial charge in [-0.05, 0) is 50.0 Å². The van der Waals surface area contributed by atoms with Crippen molar-refractivity contribution in [1.29, 1.82) is 0 Å². The number of carbonyl (C=O) groups is 1. The van der Waals surface area contributed by atoms with Crippen molar-refractivity contribution in [1.82, 2.24) is 20.2 Å². The number of carbonyl (C=O) groups excluding carboxylic acids is 1. The van der Waals surface area contributed by atoms with E-state index in [1.807, 2.05) is 24.3 Å². The summed E-state index contributed by atoms with van der Waals surface area (Å²) in [5.74, 6) is -2.05. The van der Waals surface area contributed by atoms with E-state index in [-0.39, 0.29) is 25.1 Å². The molecule has 0 saturated carbocycles. The molecule has 2 aromatic heterocycles. The minimum absolute atomic E-state index is 0.109. The molecule has 2 N–H and O–H groups in total. The summed E-state index contributed by atoms with van der Waals surface area (Å²) in [6.07, 6.45) is 2.13. The number of rotatable bonds is 9. The highest BCUT2D eigenvalue weighted by Crippen LogP contribution is 2.39. The Bertz CT molecular complexity index is 1530. The predicted molar refractivity (Wildman–Crippen MR) is 148 cm³/mol. The van der Waals surface area contributed by atoms with Crippen molar-refractivity contribution in [2.75, 3.05) is 38.6 Å². The average molecular weight is 558 g/mol. The van der Waals surface area contributed by atoms with Gasteiger partial charge in [0.25, 0.3) is 5.91 Å². The van der Waals surface area contributed by atoms with Gasteiger partial charge >= 0.3 is 6.01 Å². The number of likely N-dealkylation sites (N-methyl/N-ethyl adjacent to an activating group) is 1. The lowest BCUT2D eigenvalue weighted by Gasteiger charge is -2.19. The van der Waals surface area contributed by atoms with Crippen LogP contribution in [0.4, 0.5) is 14.6 Å². The number of aromatic nitrogens is 2. The predicted octanol–water partition coefficient (Wildman–Crippen LogP) is 5.79. The summed E-state index contributed by atoms with van der Waals surface area (Å²) in [4.78, 5) is 22.8. The molecule has 1 atom stereocenters. The van der Waals surface area contributed by atoms with E-state index in [2.05, 4.69) is 39.1 Å². The van der Waals surface area contributed by atoms with Crippen LogP contribution in [0, 0.1) is 5.82 Å². The zero-order valence-electron chi connectivity index (χ0n) is 20.7. The maximum absolute atomic E-state index is 15.5. The van der Waals surface area contributed by atoms with Crippen LogP contribution < -0.4 is 15.4 Å². The van der Waals surface area contributed by atoms with E-state index in [1.54, 1.807) is 6.07 Å². The first-order chi connectivity index (χ1) is 18.3. The van der Waals surface area contributed by atoms with E-state index >= 15 is 4.39 Å². The molecule has 198 valence electrons. The molecule has 5 rings (SSSR count). The first-order valence-electron chi connectivity index (χ1n) is 12.2. The lowest BCUT2D eigenvalue weighted by molar-refractivity contribution is -0.118. The monoisotopic (exact) mass is 557 g/mol. The van der Waals surface area contributed by atoms with Gasteiger partial charge in [0.15, 0.2) is 5.83 Å². The highest BCUT2D eigenvalue weighted by atomic mass is 35.5. The molecule has 0 radical (unpaired) electrons. The molecule has 0 spiro atoms. The Kier molecular flexibility index (Phi) is 7.73. The number of nitrogens with one attached hydrogen (secondary N) is 2. The summed E-state index contributed by atoms with van der Waals surface area (Å²) in [5, 5.41) is 6.88. The number of anilines is 1. The van der Waals surface area contributed by atoms with Crippen molar-refractivity contribution in [3.05, 3.63) is 59.0 Å². The summed E-state index contributed by atoms with van der Waals surface area (Å²) in [5.41, 5.74) is 1.60. The van der Waals surface area contributed by atoms with Crippen molar-refractivity contribution < 1.29 is 18.3 Å². The third-order valence-electron chi connectivity index (χ3n) is 6.59. The van der Waals surface area contributed by atoms with Crippen LogP contribution in [0.15, 0.2) is 48.8 Å². The number of fused-ring (bicyclic) bond motifs is 2. The van der Waals surface area contributed by atoms with Gasteiger partial charge in [-0.2, -0.15) is 9.97 Å². The summed E-state index contributed by atoms with van der Waals surface area (Å²) in [6.45, 7) is 4.74. The number of halogens is 3. The molecule has 1 aliphatic rings. The maximum Gasteiger partial charge on any atom is 0.318 e.